The molecule has 1 saturated heterocycles. The van der Waals surface area contributed by atoms with E-state index in [1.165, 1.54) is 18.1 Å². The summed E-state index contributed by atoms with van der Waals surface area (Å²) in [6.07, 6.45) is 4.71. The first-order valence-electron chi connectivity index (χ1n) is 10.6. The molecule has 160 valence electrons. The van der Waals surface area contributed by atoms with Crippen molar-refractivity contribution in [3.8, 4) is 10.9 Å². The van der Waals surface area contributed by atoms with Crippen molar-refractivity contribution in [3.05, 3.63) is 54.2 Å². The van der Waals surface area contributed by atoms with Gasteiger partial charge in [0.05, 0.1) is 17.3 Å². The maximum atomic E-state index is 11.5. The second-order valence-corrected chi connectivity index (χ2v) is 9.06. The van der Waals surface area contributed by atoms with E-state index in [1.807, 2.05) is 30.3 Å². The normalized spacial score (nSPS) is 15.5. The van der Waals surface area contributed by atoms with E-state index in [9.17, 15) is 4.79 Å². The number of benzene rings is 2. The van der Waals surface area contributed by atoms with Crippen molar-refractivity contribution in [2.75, 3.05) is 20.2 Å². The number of fused-ring (bicyclic) bond motifs is 2. The number of para-hydroxylation sites is 1. The van der Waals surface area contributed by atoms with E-state index < -0.39 is 0 Å². The van der Waals surface area contributed by atoms with E-state index in [-0.39, 0.29) is 5.97 Å². The highest BCUT2D eigenvalue weighted by atomic mass is 32.1. The number of ether oxygens (including phenoxy) is 2. The van der Waals surface area contributed by atoms with Gasteiger partial charge in [0.25, 0.3) is 5.19 Å². The second-order valence-electron chi connectivity index (χ2n) is 8.07. The Balaban J connectivity index is 1.24. The molecule has 0 amide bonds. The molecule has 4 aromatic rings. The van der Waals surface area contributed by atoms with Crippen molar-refractivity contribution >= 4 is 38.4 Å². The number of thiazole rings is 1. The number of nitrogens with one attached hydrogen (secondary N) is 1. The number of carbonyl (C=O) groups is 1. The molecule has 3 heterocycles. The van der Waals surface area contributed by atoms with Crippen LogP contribution in [-0.2, 0) is 16.1 Å². The summed E-state index contributed by atoms with van der Waals surface area (Å²) in [5.41, 5.74) is 3.31. The number of rotatable bonds is 6. The summed E-state index contributed by atoms with van der Waals surface area (Å²) in [6.45, 7) is 2.92. The summed E-state index contributed by atoms with van der Waals surface area (Å²) in [4.78, 5) is 21.9. The van der Waals surface area contributed by atoms with Crippen molar-refractivity contribution in [1.82, 2.24) is 14.9 Å². The third-order valence-electron chi connectivity index (χ3n) is 6.00. The molecular formula is C24H25N3O3S. The molecule has 0 unspecified atom stereocenters. The lowest BCUT2D eigenvalue weighted by Gasteiger charge is -2.31. The Morgan fingerprint density at radius 1 is 1.23 bits per heavy atom. The van der Waals surface area contributed by atoms with Gasteiger partial charge in [-0.05, 0) is 61.7 Å². The van der Waals surface area contributed by atoms with Gasteiger partial charge in [0.2, 0.25) is 0 Å². The average molecular weight is 436 g/mol. The second kappa shape index (κ2) is 8.69. The monoisotopic (exact) mass is 435 g/mol. The van der Waals surface area contributed by atoms with Crippen molar-refractivity contribution in [1.29, 1.82) is 0 Å². The minimum absolute atomic E-state index is 0.0982. The first-order chi connectivity index (χ1) is 15.2. The van der Waals surface area contributed by atoms with Crippen LogP contribution in [0.3, 0.4) is 0 Å². The van der Waals surface area contributed by atoms with E-state index in [4.69, 9.17) is 9.47 Å². The standard InChI is InChI=1S/C24H25N3O3S/c1-29-23(28)12-16-8-10-27(11-9-16)15-17-14-25-21-13-18(6-7-19(17)21)30-24-26-20-4-2-3-5-22(20)31-24/h2-7,13-14,16,25H,8-12,15H2,1H3. The average Bonchev–Trinajstić information content (AvgIpc) is 3.38. The Bertz CT molecular complexity index is 1170. The number of H-pyrrole nitrogens is 1. The fourth-order valence-electron chi connectivity index (χ4n) is 4.26. The van der Waals surface area contributed by atoms with Gasteiger partial charge in [0.15, 0.2) is 0 Å². The molecule has 0 spiro atoms. The third kappa shape index (κ3) is 4.43. The fourth-order valence-corrected chi connectivity index (χ4v) is 5.10. The van der Waals surface area contributed by atoms with E-state index in [0.717, 1.165) is 54.0 Å². The molecule has 0 radical (unpaired) electrons. The molecule has 0 bridgehead atoms. The van der Waals surface area contributed by atoms with Gasteiger partial charge in [0, 0.05) is 36.1 Å². The Kier molecular flexibility index (Phi) is 5.61. The van der Waals surface area contributed by atoms with E-state index >= 15 is 0 Å². The van der Waals surface area contributed by atoms with Crippen LogP contribution in [0.4, 0.5) is 0 Å². The molecule has 1 aliphatic rings. The van der Waals surface area contributed by atoms with E-state index in [2.05, 4.69) is 33.2 Å². The zero-order valence-electron chi connectivity index (χ0n) is 17.5. The van der Waals surface area contributed by atoms with E-state index in [0.29, 0.717) is 17.5 Å². The van der Waals surface area contributed by atoms with Gasteiger partial charge in [0.1, 0.15) is 5.75 Å². The van der Waals surface area contributed by atoms with Crippen molar-refractivity contribution in [2.24, 2.45) is 5.92 Å². The maximum Gasteiger partial charge on any atom is 0.305 e. The highest BCUT2D eigenvalue weighted by Gasteiger charge is 2.22. The lowest BCUT2D eigenvalue weighted by atomic mass is 9.93. The minimum Gasteiger partial charge on any atom is -0.469 e. The van der Waals surface area contributed by atoms with Crippen LogP contribution in [0.15, 0.2) is 48.7 Å². The van der Waals surface area contributed by atoms with E-state index in [1.54, 1.807) is 11.3 Å². The quantitative estimate of drug-likeness (QED) is 0.414. The molecule has 6 nitrogen and oxygen atoms in total. The maximum absolute atomic E-state index is 11.5. The fraction of sp³-hybridized carbons (Fsp3) is 0.333. The van der Waals surface area contributed by atoms with Crippen LogP contribution in [0.5, 0.6) is 10.9 Å². The number of esters is 1. The molecule has 1 aliphatic heterocycles. The number of hydrogen-bond donors (Lipinski definition) is 1. The van der Waals surface area contributed by atoms with Gasteiger partial charge in [-0.3, -0.25) is 9.69 Å². The Hall–Kier alpha value is -2.90. The van der Waals surface area contributed by atoms with Gasteiger partial charge in [-0.1, -0.05) is 23.5 Å². The van der Waals surface area contributed by atoms with Gasteiger partial charge in [-0.25, -0.2) is 4.98 Å². The summed E-state index contributed by atoms with van der Waals surface area (Å²) in [6, 6.07) is 14.2. The first-order valence-corrected chi connectivity index (χ1v) is 11.4. The number of methoxy groups -OCH3 is 1. The molecular weight excluding hydrogens is 410 g/mol. The minimum atomic E-state index is -0.0982. The van der Waals surface area contributed by atoms with Crippen molar-refractivity contribution in [2.45, 2.75) is 25.8 Å². The number of nitrogens with zero attached hydrogens (tertiary/aromatic N) is 2. The SMILES string of the molecule is COC(=O)CC1CCN(Cc2c[nH]c3cc(Oc4nc5ccccc5s4)ccc23)CC1. The van der Waals surface area contributed by atoms with Crippen LogP contribution in [0.2, 0.25) is 0 Å². The highest BCUT2D eigenvalue weighted by Crippen LogP contribution is 2.33. The predicted octanol–water partition coefficient (Wildman–Crippen LogP) is 5.35. The van der Waals surface area contributed by atoms with Gasteiger partial charge in [-0.2, -0.15) is 0 Å². The largest absolute Gasteiger partial charge is 0.469 e. The van der Waals surface area contributed by atoms with Gasteiger partial charge in [-0.15, -0.1) is 0 Å². The predicted molar refractivity (Wildman–Crippen MR) is 123 cm³/mol. The Labute approximate surface area is 184 Å². The lowest BCUT2D eigenvalue weighted by molar-refractivity contribution is -0.142. The zero-order chi connectivity index (χ0) is 21.2. The number of carbonyl (C=O) groups excluding carboxylic acids is 1. The highest BCUT2D eigenvalue weighted by molar-refractivity contribution is 7.20. The summed E-state index contributed by atoms with van der Waals surface area (Å²) >= 11 is 1.55. The number of hydrogen-bond acceptors (Lipinski definition) is 6. The lowest BCUT2D eigenvalue weighted by Crippen LogP contribution is -2.34. The molecule has 0 saturated carbocycles. The molecule has 1 N–H and O–H groups in total. The number of aromatic nitrogens is 2. The Morgan fingerprint density at radius 2 is 2.06 bits per heavy atom. The van der Waals surface area contributed by atoms with Crippen molar-refractivity contribution < 1.29 is 14.3 Å². The molecule has 1 fully saturated rings. The molecule has 0 aliphatic carbocycles. The number of likely N-dealkylation sites (tertiary alicyclic amines) is 1. The summed E-state index contributed by atoms with van der Waals surface area (Å²) in [5.74, 6) is 1.12. The van der Waals surface area contributed by atoms with Gasteiger partial charge < -0.3 is 14.5 Å². The van der Waals surface area contributed by atoms with Crippen LogP contribution >= 0.6 is 11.3 Å². The topological polar surface area (TPSA) is 67.5 Å². The molecule has 2 aromatic carbocycles. The molecule has 2 aromatic heterocycles. The van der Waals surface area contributed by atoms with Crippen LogP contribution in [0, 0.1) is 5.92 Å². The summed E-state index contributed by atoms with van der Waals surface area (Å²) in [7, 11) is 1.46. The first kappa shape index (κ1) is 20.0. The molecule has 0 atom stereocenters. The zero-order valence-corrected chi connectivity index (χ0v) is 18.3. The third-order valence-corrected chi connectivity index (χ3v) is 6.92. The van der Waals surface area contributed by atoms with Crippen LogP contribution in [-0.4, -0.2) is 41.0 Å². The van der Waals surface area contributed by atoms with Crippen LogP contribution in [0.25, 0.3) is 21.1 Å². The summed E-state index contributed by atoms with van der Waals surface area (Å²) in [5, 5.41) is 1.87. The number of piperidine rings is 1. The smallest absolute Gasteiger partial charge is 0.305 e. The Morgan fingerprint density at radius 3 is 2.87 bits per heavy atom. The van der Waals surface area contributed by atoms with Crippen molar-refractivity contribution in [3.63, 3.8) is 0 Å². The molecule has 31 heavy (non-hydrogen) atoms. The van der Waals surface area contributed by atoms with Crippen LogP contribution < -0.4 is 4.74 Å². The molecule has 5 rings (SSSR count). The van der Waals surface area contributed by atoms with Crippen LogP contribution in [0.1, 0.15) is 24.8 Å². The summed E-state index contributed by atoms with van der Waals surface area (Å²) < 4.78 is 11.9. The number of aromatic amines is 1. The molecule has 7 heteroatoms. The van der Waals surface area contributed by atoms with Gasteiger partial charge >= 0.3 is 5.97 Å².